The van der Waals surface area contributed by atoms with Crippen LogP contribution in [0.2, 0.25) is 0 Å². The highest BCUT2D eigenvalue weighted by Gasteiger charge is 2.14. The van der Waals surface area contributed by atoms with E-state index in [1.165, 1.54) is 0 Å². The smallest absolute Gasteiger partial charge is 0.227 e. The van der Waals surface area contributed by atoms with Gasteiger partial charge in [0.2, 0.25) is 5.91 Å². The van der Waals surface area contributed by atoms with Gasteiger partial charge in [-0.1, -0.05) is 42.2 Å². The fourth-order valence-corrected chi connectivity index (χ4v) is 2.67. The van der Waals surface area contributed by atoms with E-state index in [1.807, 2.05) is 48.7 Å². The third kappa shape index (κ3) is 4.45. The minimum Gasteiger partial charge on any atom is -0.351 e. The Labute approximate surface area is 129 Å². The second kappa shape index (κ2) is 7.63. The number of rotatable bonds is 4. The van der Waals surface area contributed by atoms with Crippen molar-refractivity contribution >= 4 is 17.2 Å². The van der Waals surface area contributed by atoms with E-state index in [2.05, 4.69) is 17.2 Å². The summed E-state index contributed by atoms with van der Waals surface area (Å²) in [4.78, 5) is 13.2. The van der Waals surface area contributed by atoms with Gasteiger partial charge in [-0.25, -0.2) is 0 Å². The van der Waals surface area contributed by atoms with Crippen LogP contribution in [0.1, 0.15) is 28.8 Å². The largest absolute Gasteiger partial charge is 0.351 e. The van der Waals surface area contributed by atoms with Crippen LogP contribution in [0.5, 0.6) is 0 Å². The van der Waals surface area contributed by atoms with Gasteiger partial charge in [0, 0.05) is 15.8 Å². The van der Waals surface area contributed by atoms with Crippen molar-refractivity contribution in [3.05, 3.63) is 57.8 Å². The van der Waals surface area contributed by atoms with Crippen LogP contribution in [0.15, 0.2) is 41.8 Å². The Morgan fingerprint density at radius 1 is 1.38 bits per heavy atom. The predicted molar refractivity (Wildman–Crippen MR) is 87.0 cm³/mol. The van der Waals surface area contributed by atoms with Gasteiger partial charge in [-0.05, 0) is 18.6 Å². The van der Waals surface area contributed by atoms with Gasteiger partial charge in [0.15, 0.2) is 0 Å². The molecule has 1 amide bonds. The van der Waals surface area contributed by atoms with E-state index < -0.39 is 0 Å². The molecule has 0 bridgehead atoms. The summed E-state index contributed by atoms with van der Waals surface area (Å²) in [6, 6.07) is 11.8. The molecule has 0 saturated carbocycles. The quantitative estimate of drug-likeness (QED) is 0.852. The molecule has 4 heteroatoms. The van der Waals surface area contributed by atoms with Gasteiger partial charge in [-0.2, -0.15) is 0 Å². The van der Waals surface area contributed by atoms with Crippen LogP contribution in [-0.2, 0) is 11.3 Å². The Bertz CT molecular complexity index is 652. The average Bonchev–Trinajstić information content (AvgIpc) is 2.98. The minimum atomic E-state index is -0.150. The summed E-state index contributed by atoms with van der Waals surface area (Å²) >= 11 is 1.59. The maximum absolute atomic E-state index is 12.1. The lowest BCUT2D eigenvalue weighted by atomic mass is 10.0. The summed E-state index contributed by atoms with van der Waals surface area (Å²) in [6.07, 6.45) is 0. The number of hydrogen-bond acceptors (Lipinski definition) is 3. The minimum absolute atomic E-state index is 0.0317. The summed E-state index contributed by atoms with van der Waals surface area (Å²) in [5.74, 6) is 5.68. The van der Waals surface area contributed by atoms with E-state index in [-0.39, 0.29) is 11.8 Å². The summed E-state index contributed by atoms with van der Waals surface area (Å²) < 4.78 is 0. The SMILES string of the molecule is CC(C(=O)NCc1cc(C#CCN)cs1)c1ccccc1. The number of thiophene rings is 1. The molecular formula is C17H18N2OS. The molecule has 2 aromatic rings. The molecule has 0 fully saturated rings. The number of nitrogens with one attached hydrogen (secondary N) is 1. The van der Waals surface area contributed by atoms with Gasteiger partial charge in [0.05, 0.1) is 19.0 Å². The van der Waals surface area contributed by atoms with Crippen molar-refractivity contribution in [2.45, 2.75) is 19.4 Å². The second-order valence-corrected chi connectivity index (χ2v) is 5.65. The van der Waals surface area contributed by atoms with E-state index in [9.17, 15) is 4.79 Å². The highest BCUT2D eigenvalue weighted by Crippen LogP contribution is 2.16. The summed E-state index contributed by atoms with van der Waals surface area (Å²) in [5, 5.41) is 4.94. The summed E-state index contributed by atoms with van der Waals surface area (Å²) in [6.45, 7) is 2.80. The van der Waals surface area contributed by atoms with Gasteiger partial charge in [-0.15, -0.1) is 11.3 Å². The highest BCUT2D eigenvalue weighted by atomic mass is 32.1. The van der Waals surface area contributed by atoms with Crippen molar-refractivity contribution in [1.29, 1.82) is 0 Å². The first-order valence-electron chi connectivity index (χ1n) is 6.79. The third-order valence-corrected chi connectivity index (χ3v) is 4.05. The van der Waals surface area contributed by atoms with E-state index in [1.54, 1.807) is 11.3 Å². The van der Waals surface area contributed by atoms with Crippen LogP contribution in [-0.4, -0.2) is 12.5 Å². The van der Waals surface area contributed by atoms with Crippen LogP contribution >= 0.6 is 11.3 Å². The first-order valence-corrected chi connectivity index (χ1v) is 7.67. The molecule has 21 heavy (non-hydrogen) atoms. The first kappa shape index (κ1) is 15.3. The van der Waals surface area contributed by atoms with Gasteiger partial charge in [0.1, 0.15) is 0 Å². The van der Waals surface area contributed by atoms with Crippen LogP contribution in [0, 0.1) is 11.8 Å². The van der Waals surface area contributed by atoms with Crippen molar-refractivity contribution in [2.75, 3.05) is 6.54 Å². The summed E-state index contributed by atoms with van der Waals surface area (Å²) in [7, 11) is 0. The normalized spacial score (nSPS) is 11.3. The van der Waals surface area contributed by atoms with Crippen molar-refractivity contribution in [3.63, 3.8) is 0 Å². The average molecular weight is 298 g/mol. The standard InChI is InChI=1S/C17H18N2OS/c1-13(15-7-3-2-4-8-15)17(20)19-11-16-10-14(12-21-16)6-5-9-18/h2-4,7-8,10,12-13H,9,11,18H2,1H3,(H,19,20). The topological polar surface area (TPSA) is 55.1 Å². The molecule has 1 aromatic heterocycles. The number of hydrogen-bond donors (Lipinski definition) is 2. The van der Waals surface area contributed by atoms with Crippen molar-refractivity contribution in [2.24, 2.45) is 5.73 Å². The van der Waals surface area contributed by atoms with Gasteiger partial charge >= 0.3 is 0 Å². The third-order valence-electron chi connectivity index (χ3n) is 3.12. The lowest BCUT2D eigenvalue weighted by Crippen LogP contribution is -2.27. The van der Waals surface area contributed by atoms with E-state index in [4.69, 9.17) is 5.73 Å². The Hall–Kier alpha value is -2.09. The van der Waals surface area contributed by atoms with Crippen molar-refractivity contribution < 1.29 is 4.79 Å². The molecule has 1 unspecified atom stereocenters. The van der Waals surface area contributed by atoms with Gasteiger partial charge in [0.25, 0.3) is 0 Å². The lowest BCUT2D eigenvalue weighted by Gasteiger charge is -2.11. The lowest BCUT2D eigenvalue weighted by molar-refractivity contribution is -0.122. The maximum atomic E-state index is 12.1. The number of amides is 1. The molecule has 1 aromatic carbocycles. The van der Waals surface area contributed by atoms with Crippen molar-refractivity contribution in [3.8, 4) is 11.8 Å². The molecule has 1 atom stereocenters. The number of nitrogens with two attached hydrogens (primary N) is 1. The maximum Gasteiger partial charge on any atom is 0.227 e. The van der Waals surface area contributed by atoms with Crippen molar-refractivity contribution in [1.82, 2.24) is 5.32 Å². The van der Waals surface area contributed by atoms with Crippen LogP contribution < -0.4 is 11.1 Å². The molecular weight excluding hydrogens is 280 g/mol. The first-order chi connectivity index (χ1) is 10.2. The Balaban J connectivity index is 1.90. The molecule has 0 aliphatic heterocycles. The fourth-order valence-electron chi connectivity index (χ4n) is 1.91. The highest BCUT2D eigenvalue weighted by molar-refractivity contribution is 7.10. The molecule has 0 spiro atoms. The molecule has 0 radical (unpaired) electrons. The number of carbonyl (C=O) groups excluding carboxylic acids is 1. The number of carbonyl (C=O) groups is 1. The van der Waals surface area contributed by atoms with Gasteiger partial charge in [-0.3, -0.25) is 4.79 Å². The fraction of sp³-hybridized carbons (Fsp3) is 0.235. The second-order valence-electron chi connectivity index (χ2n) is 4.66. The Morgan fingerprint density at radius 3 is 2.86 bits per heavy atom. The van der Waals surface area contributed by atoms with Gasteiger partial charge < -0.3 is 11.1 Å². The molecule has 1 heterocycles. The Morgan fingerprint density at radius 2 is 2.14 bits per heavy atom. The molecule has 0 saturated heterocycles. The Kier molecular flexibility index (Phi) is 5.56. The molecule has 2 rings (SSSR count). The van der Waals surface area contributed by atoms with Crippen LogP contribution in [0.3, 0.4) is 0 Å². The summed E-state index contributed by atoms with van der Waals surface area (Å²) in [5.41, 5.74) is 7.32. The van der Waals surface area contributed by atoms with E-state index in [0.717, 1.165) is 16.0 Å². The zero-order chi connectivity index (χ0) is 15.1. The van der Waals surface area contributed by atoms with E-state index >= 15 is 0 Å². The molecule has 108 valence electrons. The number of benzene rings is 1. The monoisotopic (exact) mass is 298 g/mol. The molecule has 3 nitrogen and oxygen atoms in total. The molecule has 0 aliphatic rings. The van der Waals surface area contributed by atoms with Crippen LogP contribution in [0.25, 0.3) is 0 Å². The zero-order valence-corrected chi connectivity index (χ0v) is 12.7. The molecule has 0 aliphatic carbocycles. The predicted octanol–water partition coefficient (Wildman–Crippen LogP) is 2.48. The van der Waals surface area contributed by atoms with Crippen LogP contribution in [0.4, 0.5) is 0 Å². The zero-order valence-electron chi connectivity index (χ0n) is 11.9. The molecule has 3 N–H and O–H groups in total. The van der Waals surface area contributed by atoms with E-state index in [0.29, 0.717) is 13.1 Å².